The second-order valence-corrected chi connectivity index (χ2v) is 8.00. The largest absolute Gasteiger partial charge is 0.361 e. The minimum Gasteiger partial charge on any atom is -0.361 e. The summed E-state index contributed by atoms with van der Waals surface area (Å²) in [6.45, 7) is 1.63. The molecule has 2 aromatic carbocycles. The van der Waals surface area contributed by atoms with E-state index in [4.69, 9.17) is 11.6 Å². The molecule has 29 heavy (non-hydrogen) atoms. The predicted octanol–water partition coefficient (Wildman–Crippen LogP) is 3.92. The van der Waals surface area contributed by atoms with E-state index in [2.05, 4.69) is 10.3 Å². The number of hydrogen-bond acceptors (Lipinski definition) is 2. The molecule has 0 aliphatic carbocycles. The number of nitrogens with one attached hydrogen (secondary N) is 2. The van der Waals surface area contributed by atoms with Crippen molar-refractivity contribution in [2.24, 2.45) is 5.92 Å². The molecule has 1 aromatic heterocycles. The number of H-pyrrole nitrogens is 1. The number of halogens is 1. The fraction of sp³-hybridized carbons (Fsp3) is 0.304. The summed E-state index contributed by atoms with van der Waals surface area (Å²) >= 11 is 6.00. The van der Waals surface area contributed by atoms with Gasteiger partial charge in [0.2, 0.25) is 11.8 Å². The third kappa shape index (κ3) is 4.62. The number of para-hydroxylation sites is 1. The van der Waals surface area contributed by atoms with Crippen LogP contribution in [0.3, 0.4) is 0 Å². The summed E-state index contributed by atoms with van der Waals surface area (Å²) in [4.78, 5) is 30.5. The lowest BCUT2D eigenvalue weighted by Crippen LogP contribution is -2.45. The van der Waals surface area contributed by atoms with E-state index in [0.717, 1.165) is 34.9 Å². The summed E-state index contributed by atoms with van der Waals surface area (Å²) in [5, 5.41) is 4.72. The molecule has 1 fully saturated rings. The Morgan fingerprint density at radius 3 is 2.90 bits per heavy atom. The number of carbonyl (C=O) groups excluding carboxylic acids is 2. The van der Waals surface area contributed by atoms with Crippen LogP contribution in [0.2, 0.25) is 5.02 Å². The van der Waals surface area contributed by atoms with Gasteiger partial charge in [-0.1, -0.05) is 41.9 Å². The number of amides is 2. The highest BCUT2D eigenvalue weighted by Gasteiger charge is 2.28. The zero-order valence-corrected chi connectivity index (χ0v) is 16.9. The number of likely N-dealkylation sites (tertiary alicyclic amines) is 1. The Labute approximate surface area is 175 Å². The van der Waals surface area contributed by atoms with Crippen molar-refractivity contribution in [2.75, 3.05) is 13.1 Å². The van der Waals surface area contributed by atoms with Crippen LogP contribution in [0.4, 0.5) is 0 Å². The Hall–Kier alpha value is -2.79. The molecule has 0 unspecified atom stereocenters. The third-order valence-electron chi connectivity index (χ3n) is 5.52. The van der Waals surface area contributed by atoms with Gasteiger partial charge in [-0.2, -0.15) is 0 Å². The van der Waals surface area contributed by atoms with Crippen molar-refractivity contribution >= 4 is 34.3 Å². The van der Waals surface area contributed by atoms with E-state index >= 15 is 0 Å². The molecule has 0 bridgehead atoms. The smallest absolute Gasteiger partial charge is 0.227 e. The first-order chi connectivity index (χ1) is 14.1. The van der Waals surface area contributed by atoms with Crippen molar-refractivity contribution in [3.05, 3.63) is 70.9 Å². The summed E-state index contributed by atoms with van der Waals surface area (Å²) in [5.41, 5.74) is 3.00. The van der Waals surface area contributed by atoms with Gasteiger partial charge in [-0.3, -0.25) is 9.59 Å². The molecule has 0 spiro atoms. The SMILES string of the molecule is O=C(NCc1cccc(Cl)c1)[C@@H]1CCCN(C(=O)Cc2c[nH]c3ccccc23)C1. The highest BCUT2D eigenvalue weighted by molar-refractivity contribution is 6.30. The predicted molar refractivity (Wildman–Crippen MR) is 115 cm³/mol. The van der Waals surface area contributed by atoms with Crippen molar-refractivity contribution < 1.29 is 9.59 Å². The molecule has 3 aromatic rings. The van der Waals surface area contributed by atoms with Crippen molar-refractivity contribution in [1.82, 2.24) is 15.2 Å². The first-order valence-corrected chi connectivity index (χ1v) is 10.3. The molecule has 0 radical (unpaired) electrons. The van der Waals surface area contributed by atoms with E-state index in [0.29, 0.717) is 31.1 Å². The fourth-order valence-electron chi connectivity index (χ4n) is 3.95. The molecule has 150 valence electrons. The second kappa shape index (κ2) is 8.70. The number of piperidine rings is 1. The Balaban J connectivity index is 1.34. The topological polar surface area (TPSA) is 65.2 Å². The summed E-state index contributed by atoms with van der Waals surface area (Å²) in [6.07, 6.45) is 3.90. The normalized spacial score (nSPS) is 16.7. The summed E-state index contributed by atoms with van der Waals surface area (Å²) in [6, 6.07) is 15.4. The van der Waals surface area contributed by atoms with E-state index in [1.54, 1.807) is 0 Å². The number of nitrogens with zero attached hydrogens (tertiary/aromatic N) is 1. The molecule has 2 heterocycles. The van der Waals surface area contributed by atoms with Gasteiger partial charge in [0.15, 0.2) is 0 Å². The Bertz CT molecular complexity index is 1030. The van der Waals surface area contributed by atoms with E-state index in [1.165, 1.54) is 0 Å². The minimum atomic E-state index is -0.171. The van der Waals surface area contributed by atoms with E-state index in [-0.39, 0.29) is 17.7 Å². The molecule has 2 N–H and O–H groups in total. The minimum absolute atomic E-state index is 0.00503. The third-order valence-corrected chi connectivity index (χ3v) is 5.75. The number of aromatic amines is 1. The summed E-state index contributed by atoms with van der Waals surface area (Å²) in [7, 11) is 0. The van der Waals surface area contributed by atoms with Crippen LogP contribution >= 0.6 is 11.6 Å². The summed E-state index contributed by atoms with van der Waals surface area (Å²) in [5.74, 6) is -0.105. The maximum absolute atomic E-state index is 12.9. The zero-order chi connectivity index (χ0) is 20.2. The highest BCUT2D eigenvalue weighted by atomic mass is 35.5. The maximum atomic E-state index is 12.9. The van der Waals surface area contributed by atoms with Crippen LogP contribution in [0, 0.1) is 5.92 Å². The molecular weight excluding hydrogens is 386 g/mol. The average Bonchev–Trinajstić information content (AvgIpc) is 3.15. The van der Waals surface area contributed by atoms with Crippen LogP contribution in [0.5, 0.6) is 0 Å². The quantitative estimate of drug-likeness (QED) is 0.670. The van der Waals surface area contributed by atoms with Crippen LogP contribution in [0.15, 0.2) is 54.7 Å². The highest BCUT2D eigenvalue weighted by Crippen LogP contribution is 2.21. The van der Waals surface area contributed by atoms with Crippen LogP contribution in [0.1, 0.15) is 24.0 Å². The van der Waals surface area contributed by atoms with E-state index in [9.17, 15) is 9.59 Å². The Kier molecular flexibility index (Phi) is 5.86. The van der Waals surface area contributed by atoms with Crippen molar-refractivity contribution in [3.8, 4) is 0 Å². The Morgan fingerprint density at radius 2 is 2.03 bits per heavy atom. The van der Waals surface area contributed by atoms with Crippen molar-refractivity contribution in [1.29, 1.82) is 0 Å². The standard InChI is InChI=1S/C23H24ClN3O2/c24-19-7-3-5-16(11-19)13-26-23(29)17-6-4-10-27(15-17)22(28)12-18-14-25-21-9-2-1-8-20(18)21/h1-3,5,7-9,11,14,17,25H,4,6,10,12-13,15H2,(H,26,29)/t17-/m1/s1. The van der Waals surface area contributed by atoms with E-state index < -0.39 is 0 Å². The average molecular weight is 410 g/mol. The molecule has 5 nitrogen and oxygen atoms in total. The maximum Gasteiger partial charge on any atom is 0.227 e. The number of benzene rings is 2. The zero-order valence-electron chi connectivity index (χ0n) is 16.2. The molecule has 6 heteroatoms. The van der Waals surface area contributed by atoms with Gasteiger partial charge < -0.3 is 15.2 Å². The molecule has 1 aliphatic rings. The van der Waals surface area contributed by atoms with Crippen molar-refractivity contribution in [2.45, 2.75) is 25.8 Å². The Morgan fingerprint density at radius 1 is 1.17 bits per heavy atom. The second-order valence-electron chi connectivity index (χ2n) is 7.56. The molecular formula is C23H24ClN3O2. The number of carbonyl (C=O) groups is 2. The molecule has 2 amide bonds. The van der Waals surface area contributed by atoms with Crippen LogP contribution < -0.4 is 5.32 Å². The van der Waals surface area contributed by atoms with Gasteiger partial charge >= 0.3 is 0 Å². The van der Waals surface area contributed by atoms with Gasteiger partial charge in [0.05, 0.1) is 12.3 Å². The first-order valence-electron chi connectivity index (χ1n) is 9.95. The van der Waals surface area contributed by atoms with Crippen LogP contribution in [0.25, 0.3) is 10.9 Å². The monoisotopic (exact) mass is 409 g/mol. The molecule has 4 rings (SSSR count). The lowest BCUT2D eigenvalue weighted by molar-refractivity contribution is -0.135. The molecule has 0 saturated carbocycles. The van der Waals surface area contributed by atoms with Crippen LogP contribution in [-0.4, -0.2) is 34.8 Å². The number of rotatable bonds is 5. The van der Waals surface area contributed by atoms with Crippen molar-refractivity contribution in [3.63, 3.8) is 0 Å². The summed E-state index contributed by atoms with van der Waals surface area (Å²) < 4.78 is 0. The number of aromatic nitrogens is 1. The fourth-order valence-corrected chi connectivity index (χ4v) is 4.16. The van der Waals surface area contributed by atoms with Gasteiger partial charge in [0, 0.05) is 41.8 Å². The van der Waals surface area contributed by atoms with Gasteiger partial charge in [-0.15, -0.1) is 0 Å². The van der Waals surface area contributed by atoms with Gasteiger partial charge in [-0.05, 0) is 42.2 Å². The number of hydrogen-bond donors (Lipinski definition) is 2. The van der Waals surface area contributed by atoms with Gasteiger partial charge in [0.25, 0.3) is 0 Å². The molecule has 1 aliphatic heterocycles. The van der Waals surface area contributed by atoms with Crippen LogP contribution in [-0.2, 0) is 22.6 Å². The van der Waals surface area contributed by atoms with Gasteiger partial charge in [0.1, 0.15) is 0 Å². The lowest BCUT2D eigenvalue weighted by atomic mass is 9.96. The molecule has 1 saturated heterocycles. The number of fused-ring (bicyclic) bond motifs is 1. The lowest BCUT2D eigenvalue weighted by Gasteiger charge is -2.32. The van der Waals surface area contributed by atoms with E-state index in [1.807, 2.05) is 59.6 Å². The first kappa shape index (κ1) is 19.5. The van der Waals surface area contributed by atoms with Gasteiger partial charge in [-0.25, -0.2) is 0 Å². The molecule has 1 atom stereocenters.